The van der Waals surface area contributed by atoms with Gasteiger partial charge in [-0.15, -0.1) is 23.1 Å². The first-order chi connectivity index (χ1) is 14.2. The van der Waals surface area contributed by atoms with Gasteiger partial charge in [0.15, 0.2) is 10.8 Å². The molecule has 30 heavy (non-hydrogen) atoms. The quantitative estimate of drug-likeness (QED) is 0.222. The topological polar surface area (TPSA) is 185 Å². The fourth-order valence-electron chi connectivity index (χ4n) is 2.61. The first-order valence-electron chi connectivity index (χ1n) is 7.88. The number of nitrogens with two attached hydrogens (primary N) is 1. The minimum atomic E-state index is -1.46. The van der Waals surface area contributed by atoms with Gasteiger partial charge in [-0.2, -0.15) is 3.89 Å². The Kier molecular flexibility index (Phi) is 6.47. The van der Waals surface area contributed by atoms with Crippen LogP contribution in [0.25, 0.3) is 0 Å². The number of aromatic nitrogens is 1. The van der Waals surface area contributed by atoms with Crippen LogP contribution in [0.4, 0.5) is 9.02 Å². The molecule has 12 nitrogen and oxygen atoms in total. The molecule has 160 valence electrons. The Morgan fingerprint density at radius 2 is 2.20 bits per heavy atom. The summed E-state index contributed by atoms with van der Waals surface area (Å²) in [7, 11) is 0. The zero-order chi connectivity index (χ0) is 22.0. The Labute approximate surface area is 179 Å². The van der Waals surface area contributed by atoms with Gasteiger partial charge < -0.3 is 26.1 Å². The number of halogens is 1. The lowest BCUT2D eigenvalue weighted by molar-refractivity contribution is -0.150. The van der Waals surface area contributed by atoms with Crippen molar-refractivity contribution in [2.24, 2.45) is 5.16 Å². The summed E-state index contributed by atoms with van der Waals surface area (Å²) < 4.78 is 13.0. The number of thioether (sulfide) groups is 1. The van der Waals surface area contributed by atoms with E-state index in [4.69, 9.17) is 10.8 Å². The van der Waals surface area contributed by atoms with Gasteiger partial charge in [0.05, 0.1) is 17.1 Å². The third-order valence-electron chi connectivity index (χ3n) is 3.84. The molecule has 1 fully saturated rings. The number of carbonyl (C=O) groups excluding carboxylic acids is 2. The maximum absolute atomic E-state index is 13.0. The molecule has 3 heterocycles. The van der Waals surface area contributed by atoms with Crippen LogP contribution in [0.1, 0.15) is 5.69 Å². The fourth-order valence-corrected chi connectivity index (χ4v) is 5.00. The number of β-lactam (4-membered cyclic amide) rings is 1. The van der Waals surface area contributed by atoms with Crippen molar-refractivity contribution in [1.29, 1.82) is 0 Å². The van der Waals surface area contributed by atoms with Gasteiger partial charge in [-0.3, -0.25) is 14.5 Å². The third-order valence-corrected chi connectivity index (χ3v) is 6.50. The number of anilines is 1. The first-order valence-corrected chi connectivity index (χ1v) is 10.5. The molecular formula is C14H12FN5O7S3. The number of amides is 2. The van der Waals surface area contributed by atoms with E-state index < -0.39 is 53.2 Å². The van der Waals surface area contributed by atoms with Crippen molar-refractivity contribution >= 4 is 69.8 Å². The van der Waals surface area contributed by atoms with E-state index in [9.17, 15) is 28.2 Å². The van der Waals surface area contributed by atoms with E-state index in [0.717, 1.165) is 28.0 Å². The van der Waals surface area contributed by atoms with Gasteiger partial charge in [-0.25, -0.2) is 14.6 Å². The molecule has 1 saturated heterocycles. The van der Waals surface area contributed by atoms with Crippen LogP contribution in [0.5, 0.6) is 0 Å². The Bertz CT molecular complexity index is 981. The monoisotopic (exact) mass is 477 g/mol. The van der Waals surface area contributed by atoms with E-state index in [1.54, 1.807) is 0 Å². The van der Waals surface area contributed by atoms with Crippen molar-refractivity contribution in [1.82, 2.24) is 15.2 Å². The number of aliphatic carboxylic acids is 2. The smallest absolute Gasteiger partial charge is 0.353 e. The first kappa shape index (κ1) is 21.8. The number of oxime groups is 1. The van der Waals surface area contributed by atoms with Gasteiger partial charge in [-0.1, -0.05) is 5.16 Å². The van der Waals surface area contributed by atoms with E-state index in [0.29, 0.717) is 0 Å². The molecule has 0 spiro atoms. The summed E-state index contributed by atoms with van der Waals surface area (Å²) in [5, 5.41) is 24.6. The number of fused-ring (bicyclic) bond motifs is 1. The zero-order valence-electron chi connectivity index (χ0n) is 14.6. The van der Waals surface area contributed by atoms with Crippen molar-refractivity contribution in [3.8, 4) is 0 Å². The van der Waals surface area contributed by atoms with Gasteiger partial charge in [0.1, 0.15) is 22.8 Å². The normalized spacial score (nSPS) is 21.0. The predicted octanol–water partition coefficient (Wildman–Crippen LogP) is -0.156. The average Bonchev–Trinajstić information content (AvgIpc) is 3.13. The standard InChI is InChI=1S/C14H12FN5O7S3/c15-30-5-3-28-12-8(11(24)20(12)9(5)13(25)26)18-10(23)7(19-27-1-6(21)22)4-2-29-14(16)17-4/h2,8,12H,1,3H2,(H2,16,17)(H,18,23)(H,21,22)(H,25,26)/b19-7+/t8-,12-/m1/s1. The SMILES string of the molecule is Nc1nc(/C(=N\OCC(=O)O)C(=O)N[C@@H]2C(=O)N3C(C(=O)O)=C(SF)CS[C@H]23)cs1. The molecule has 16 heteroatoms. The summed E-state index contributed by atoms with van der Waals surface area (Å²) in [4.78, 5) is 56.4. The molecule has 0 radical (unpaired) electrons. The molecule has 0 saturated carbocycles. The molecule has 0 bridgehead atoms. The number of thiazole rings is 1. The minimum Gasteiger partial charge on any atom is -0.479 e. The van der Waals surface area contributed by atoms with Crippen LogP contribution in [0.3, 0.4) is 0 Å². The molecule has 1 aromatic heterocycles. The fraction of sp³-hybridized carbons (Fsp3) is 0.286. The lowest BCUT2D eigenvalue weighted by atomic mass is 10.0. The number of hydrogen-bond acceptors (Lipinski definition) is 11. The Morgan fingerprint density at radius 3 is 2.77 bits per heavy atom. The summed E-state index contributed by atoms with van der Waals surface area (Å²) in [6.45, 7) is -0.818. The highest BCUT2D eigenvalue weighted by atomic mass is 32.2. The van der Waals surface area contributed by atoms with Crippen LogP contribution >= 0.6 is 35.2 Å². The summed E-state index contributed by atoms with van der Waals surface area (Å²) in [5.41, 5.74) is 4.67. The molecular weight excluding hydrogens is 465 g/mol. The number of nitrogen functional groups attached to an aromatic ring is 1. The Hall–Kier alpha value is -2.85. The van der Waals surface area contributed by atoms with E-state index in [-0.39, 0.29) is 33.6 Å². The highest BCUT2D eigenvalue weighted by Gasteiger charge is 2.54. The van der Waals surface area contributed by atoms with Crippen LogP contribution < -0.4 is 11.1 Å². The van der Waals surface area contributed by atoms with Gasteiger partial charge in [-0.05, 0) is 0 Å². The van der Waals surface area contributed by atoms with Crippen molar-refractivity contribution in [3.05, 3.63) is 21.7 Å². The number of hydrogen-bond donors (Lipinski definition) is 4. The molecule has 1 aromatic rings. The van der Waals surface area contributed by atoms with E-state index in [2.05, 4.69) is 20.3 Å². The van der Waals surface area contributed by atoms with Crippen LogP contribution in [0.15, 0.2) is 21.1 Å². The molecule has 2 aliphatic heterocycles. The molecule has 3 rings (SSSR count). The molecule has 5 N–H and O–H groups in total. The minimum absolute atomic E-state index is 0.00236. The third kappa shape index (κ3) is 4.19. The van der Waals surface area contributed by atoms with E-state index >= 15 is 0 Å². The molecule has 0 aromatic carbocycles. The second kappa shape index (κ2) is 8.88. The highest BCUT2D eigenvalue weighted by molar-refractivity contribution is 8.03. The van der Waals surface area contributed by atoms with Crippen molar-refractivity contribution in [2.75, 3.05) is 18.1 Å². The predicted molar refractivity (Wildman–Crippen MR) is 105 cm³/mol. The Morgan fingerprint density at radius 1 is 1.47 bits per heavy atom. The maximum Gasteiger partial charge on any atom is 0.353 e. The second-order valence-corrected chi connectivity index (χ2v) is 8.33. The number of rotatable bonds is 8. The van der Waals surface area contributed by atoms with Crippen molar-refractivity contribution in [2.45, 2.75) is 11.4 Å². The number of nitrogens with one attached hydrogen (secondary N) is 1. The molecule has 0 unspecified atom stereocenters. The van der Waals surface area contributed by atoms with Crippen molar-refractivity contribution in [3.63, 3.8) is 0 Å². The molecule has 2 atom stereocenters. The molecule has 2 amide bonds. The number of carboxylic acids is 2. The van der Waals surface area contributed by atoms with E-state index in [1.165, 1.54) is 5.38 Å². The Balaban J connectivity index is 1.79. The second-order valence-electron chi connectivity index (χ2n) is 5.69. The molecule has 2 aliphatic rings. The van der Waals surface area contributed by atoms with Crippen LogP contribution in [-0.4, -0.2) is 73.3 Å². The summed E-state index contributed by atoms with van der Waals surface area (Å²) in [5.74, 6) is -4.42. The number of nitrogens with zero attached hydrogens (tertiary/aromatic N) is 3. The van der Waals surface area contributed by atoms with Crippen molar-refractivity contribution < 1.29 is 38.1 Å². The summed E-state index contributed by atoms with van der Waals surface area (Å²) in [6.07, 6.45) is 0. The van der Waals surface area contributed by atoms with Gasteiger partial charge in [0.25, 0.3) is 11.8 Å². The summed E-state index contributed by atoms with van der Waals surface area (Å²) in [6, 6.07) is -1.11. The number of carboxylic acid groups (broad SMARTS) is 2. The van der Waals surface area contributed by atoms with Gasteiger partial charge >= 0.3 is 11.9 Å². The largest absolute Gasteiger partial charge is 0.479 e. The van der Waals surface area contributed by atoms with E-state index in [1.807, 2.05) is 0 Å². The zero-order valence-corrected chi connectivity index (χ0v) is 17.1. The van der Waals surface area contributed by atoms with Crippen LogP contribution in [0, 0.1) is 0 Å². The number of carbonyl (C=O) groups is 4. The van der Waals surface area contributed by atoms with Gasteiger partial charge in [0.2, 0.25) is 6.61 Å². The average molecular weight is 477 g/mol. The van der Waals surface area contributed by atoms with Gasteiger partial charge in [0, 0.05) is 11.1 Å². The lowest BCUT2D eigenvalue weighted by Gasteiger charge is -2.48. The maximum atomic E-state index is 13.0. The summed E-state index contributed by atoms with van der Waals surface area (Å²) >= 11 is 1.83. The van der Waals surface area contributed by atoms with Crippen LogP contribution in [-0.2, 0) is 24.0 Å². The molecule has 0 aliphatic carbocycles. The highest BCUT2D eigenvalue weighted by Crippen LogP contribution is 2.43. The van der Waals surface area contributed by atoms with Crippen LogP contribution in [0.2, 0.25) is 0 Å². The lowest BCUT2D eigenvalue weighted by Crippen LogP contribution is -2.71.